The smallest absolute Gasteiger partial charge is 0.243 e. The maximum absolute atomic E-state index is 12.9. The third-order valence-electron chi connectivity index (χ3n) is 5.61. The number of nitrogens with zero attached hydrogens (tertiary/aromatic N) is 3. The summed E-state index contributed by atoms with van der Waals surface area (Å²) in [6, 6.07) is 16.9. The van der Waals surface area contributed by atoms with Crippen LogP contribution >= 0.6 is 11.3 Å². The molecule has 5 rings (SSSR count). The molecule has 1 fully saturated rings. The van der Waals surface area contributed by atoms with Crippen LogP contribution in [0.1, 0.15) is 19.9 Å². The fourth-order valence-electron chi connectivity index (χ4n) is 3.93. The zero-order valence-corrected chi connectivity index (χ0v) is 20.1. The van der Waals surface area contributed by atoms with E-state index in [2.05, 4.69) is 18.4 Å². The summed E-state index contributed by atoms with van der Waals surface area (Å²) in [5, 5.41) is 3.11. The number of para-hydroxylation sites is 1. The lowest BCUT2D eigenvalue weighted by molar-refractivity contribution is 0.0730. The third-order valence-corrected chi connectivity index (χ3v) is 8.36. The Labute approximate surface area is 196 Å². The highest BCUT2D eigenvalue weighted by atomic mass is 32.2. The van der Waals surface area contributed by atoms with Crippen molar-refractivity contribution in [3.8, 4) is 11.5 Å². The Morgan fingerprint density at radius 2 is 1.76 bits per heavy atom. The van der Waals surface area contributed by atoms with E-state index in [9.17, 15) is 8.42 Å². The Balaban J connectivity index is 1.49. The van der Waals surface area contributed by atoms with Crippen LogP contribution in [0.2, 0.25) is 0 Å². The molecular weight excluding hydrogens is 458 g/mol. The van der Waals surface area contributed by atoms with Crippen LogP contribution in [0.15, 0.2) is 74.3 Å². The Kier molecular flexibility index (Phi) is 5.96. The number of furan rings is 1. The van der Waals surface area contributed by atoms with Crippen molar-refractivity contribution in [3.05, 3.63) is 64.8 Å². The Bertz CT molecular complexity index is 1410. The van der Waals surface area contributed by atoms with E-state index < -0.39 is 10.0 Å². The zero-order valence-electron chi connectivity index (χ0n) is 18.5. The molecule has 0 bridgehead atoms. The number of fused-ring (bicyclic) bond motifs is 1. The van der Waals surface area contributed by atoms with Gasteiger partial charge in [-0.05, 0) is 50.2 Å². The van der Waals surface area contributed by atoms with Crippen molar-refractivity contribution in [1.29, 1.82) is 0 Å². The van der Waals surface area contributed by atoms with Gasteiger partial charge in [0.05, 0.1) is 29.5 Å². The molecule has 1 saturated heterocycles. The van der Waals surface area contributed by atoms with E-state index in [0.717, 1.165) is 27.2 Å². The first-order chi connectivity index (χ1) is 15.9. The summed E-state index contributed by atoms with van der Waals surface area (Å²) in [4.78, 5) is 5.91. The van der Waals surface area contributed by atoms with Crippen molar-refractivity contribution in [3.63, 3.8) is 0 Å². The van der Waals surface area contributed by atoms with Crippen LogP contribution in [0.5, 0.6) is 0 Å². The molecular formula is C24H25N3O4S2. The molecule has 0 N–H and O–H groups in total. The van der Waals surface area contributed by atoms with Crippen molar-refractivity contribution in [2.45, 2.75) is 24.8 Å². The molecule has 0 radical (unpaired) electrons. The number of ether oxygens (including phenoxy) is 1. The second-order valence-corrected chi connectivity index (χ2v) is 10.9. The fourth-order valence-corrected chi connectivity index (χ4v) is 6.36. The molecule has 1 aliphatic heterocycles. The first kappa shape index (κ1) is 22.1. The van der Waals surface area contributed by atoms with Gasteiger partial charge in [0.1, 0.15) is 5.58 Å². The third kappa shape index (κ3) is 4.29. The maximum atomic E-state index is 12.9. The van der Waals surface area contributed by atoms with E-state index >= 15 is 0 Å². The summed E-state index contributed by atoms with van der Waals surface area (Å²) in [5.41, 5.74) is 2.52. The van der Waals surface area contributed by atoms with Gasteiger partial charge >= 0.3 is 0 Å². The lowest BCUT2D eigenvalue weighted by atomic mass is 10.2. The van der Waals surface area contributed by atoms with Gasteiger partial charge in [0.2, 0.25) is 10.0 Å². The molecule has 3 heterocycles. The van der Waals surface area contributed by atoms with Gasteiger partial charge in [0.25, 0.3) is 0 Å². The number of sulfonamides is 1. The molecule has 0 spiro atoms. The highest BCUT2D eigenvalue weighted by Gasteiger charge is 2.26. The molecule has 0 aliphatic carbocycles. The van der Waals surface area contributed by atoms with E-state index in [-0.39, 0.29) is 10.9 Å². The normalized spacial score (nSPS) is 16.2. The number of hydrogen-bond donors (Lipinski definition) is 0. The summed E-state index contributed by atoms with van der Waals surface area (Å²) in [5.74, 6) is 0.801. The average Bonchev–Trinajstić information content (AvgIpc) is 3.44. The summed E-state index contributed by atoms with van der Waals surface area (Å²) in [7, 11) is -3.52. The highest BCUT2D eigenvalue weighted by molar-refractivity contribution is 7.89. The van der Waals surface area contributed by atoms with E-state index in [1.807, 2.05) is 35.7 Å². The second kappa shape index (κ2) is 8.90. The lowest BCUT2D eigenvalue weighted by Gasteiger charge is -2.26. The molecule has 33 heavy (non-hydrogen) atoms. The molecule has 9 heteroatoms. The van der Waals surface area contributed by atoms with Crippen LogP contribution in [0.3, 0.4) is 0 Å². The summed E-state index contributed by atoms with van der Waals surface area (Å²) < 4.78 is 40.7. The summed E-state index contributed by atoms with van der Waals surface area (Å²) in [6.07, 6.45) is 0. The van der Waals surface area contributed by atoms with Crippen molar-refractivity contribution < 1.29 is 17.6 Å². The SMILES string of the molecule is CC(C)n1c(-c2cc3ccccc3o2)csc1=Nc1ccc(S(=O)(=O)N2CCOCC2)cc1. The number of morpholine rings is 1. The van der Waals surface area contributed by atoms with Crippen molar-refractivity contribution >= 4 is 38.0 Å². The Morgan fingerprint density at radius 3 is 2.45 bits per heavy atom. The first-order valence-corrected chi connectivity index (χ1v) is 13.2. The highest BCUT2D eigenvalue weighted by Crippen LogP contribution is 2.30. The molecule has 0 atom stereocenters. The number of rotatable bonds is 5. The molecule has 2 aromatic heterocycles. The number of hydrogen-bond acceptors (Lipinski definition) is 6. The van der Waals surface area contributed by atoms with Crippen molar-refractivity contribution in [2.75, 3.05) is 26.3 Å². The molecule has 2 aromatic carbocycles. The molecule has 172 valence electrons. The van der Waals surface area contributed by atoms with E-state index in [0.29, 0.717) is 32.0 Å². The minimum absolute atomic E-state index is 0.166. The average molecular weight is 484 g/mol. The molecule has 0 unspecified atom stereocenters. The quantitative estimate of drug-likeness (QED) is 0.409. The van der Waals surface area contributed by atoms with E-state index in [1.165, 1.54) is 15.6 Å². The monoisotopic (exact) mass is 483 g/mol. The van der Waals surface area contributed by atoms with Crippen LogP contribution < -0.4 is 4.80 Å². The second-order valence-electron chi connectivity index (χ2n) is 8.14. The molecule has 0 saturated carbocycles. The van der Waals surface area contributed by atoms with Crippen molar-refractivity contribution in [1.82, 2.24) is 8.87 Å². The Hall–Kier alpha value is -2.72. The van der Waals surface area contributed by atoms with E-state index in [4.69, 9.17) is 14.1 Å². The summed E-state index contributed by atoms with van der Waals surface area (Å²) in [6.45, 7) is 5.82. The Morgan fingerprint density at radius 1 is 1.03 bits per heavy atom. The van der Waals surface area contributed by atoms with Crippen molar-refractivity contribution in [2.24, 2.45) is 4.99 Å². The maximum Gasteiger partial charge on any atom is 0.243 e. The van der Waals surface area contributed by atoms with Gasteiger partial charge in [-0.25, -0.2) is 13.4 Å². The van der Waals surface area contributed by atoms with Crippen LogP contribution in [-0.4, -0.2) is 43.6 Å². The topological polar surface area (TPSA) is 77.0 Å². The molecule has 0 amide bonds. The number of aromatic nitrogens is 1. The fraction of sp³-hybridized carbons (Fsp3) is 0.292. The van der Waals surface area contributed by atoms with Crippen LogP contribution in [0.25, 0.3) is 22.4 Å². The van der Waals surface area contributed by atoms with Gasteiger partial charge in [0.15, 0.2) is 10.6 Å². The standard InChI is InChI=1S/C24H25N3O4S2/c1-17(2)27-21(23-15-18-5-3-4-6-22(18)31-23)16-32-24(27)25-19-7-9-20(10-8-19)33(28,29)26-11-13-30-14-12-26/h3-10,15-17H,11-14H2,1-2H3. The lowest BCUT2D eigenvalue weighted by Crippen LogP contribution is -2.40. The minimum atomic E-state index is -3.52. The van der Waals surface area contributed by atoms with Gasteiger partial charge < -0.3 is 13.7 Å². The van der Waals surface area contributed by atoms with Gasteiger partial charge in [-0.2, -0.15) is 4.31 Å². The van der Waals surface area contributed by atoms with Crippen LogP contribution in [0.4, 0.5) is 5.69 Å². The van der Waals surface area contributed by atoms with Crippen LogP contribution in [-0.2, 0) is 14.8 Å². The minimum Gasteiger partial charge on any atom is -0.454 e. The number of benzene rings is 2. The van der Waals surface area contributed by atoms with Gasteiger partial charge in [-0.15, -0.1) is 11.3 Å². The molecule has 1 aliphatic rings. The van der Waals surface area contributed by atoms with Gasteiger partial charge in [-0.3, -0.25) is 0 Å². The summed E-state index contributed by atoms with van der Waals surface area (Å²) >= 11 is 1.53. The van der Waals surface area contributed by atoms with Gasteiger partial charge in [-0.1, -0.05) is 18.2 Å². The first-order valence-electron chi connectivity index (χ1n) is 10.8. The van der Waals surface area contributed by atoms with E-state index in [1.54, 1.807) is 24.3 Å². The molecule has 7 nitrogen and oxygen atoms in total. The van der Waals surface area contributed by atoms with Crippen LogP contribution in [0, 0.1) is 0 Å². The predicted octanol–water partition coefficient (Wildman–Crippen LogP) is 4.80. The zero-order chi connectivity index (χ0) is 23.0. The largest absolute Gasteiger partial charge is 0.454 e. The predicted molar refractivity (Wildman–Crippen MR) is 129 cm³/mol. The van der Waals surface area contributed by atoms with Gasteiger partial charge in [0, 0.05) is 29.9 Å². The molecule has 4 aromatic rings. The number of thiazole rings is 1.